The van der Waals surface area contributed by atoms with Crippen molar-refractivity contribution in [2.24, 2.45) is 5.92 Å². The number of Topliss-reactive ketones (excluding diaryl/α,β-unsaturated/α-hetero) is 1. The molecule has 0 radical (unpaired) electrons. The Balaban J connectivity index is 1.70. The fourth-order valence-electron chi connectivity index (χ4n) is 6.22. The average molecular weight is 756 g/mol. The highest BCUT2D eigenvalue weighted by Gasteiger charge is 2.33. The van der Waals surface area contributed by atoms with Gasteiger partial charge in [0.1, 0.15) is 5.75 Å². The van der Waals surface area contributed by atoms with Gasteiger partial charge in [-0.3, -0.25) is 14.4 Å². The van der Waals surface area contributed by atoms with Crippen molar-refractivity contribution in [2.45, 2.75) is 117 Å². The fourth-order valence-corrected chi connectivity index (χ4v) is 7.95. The molecule has 13 nitrogen and oxygen atoms in total. The van der Waals surface area contributed by atoms with E-state index in [4.69, 9.17) is 4.74 Å². The van der Waals surface area contributed by atoms with Crippen LogP contribution in [0.3, 0.4) is 0 Å². The summed E-state index contributed by atoms with van der Waals surface area (Å²) in [4.78, 5) is 67.2. The van der Waals surface area contributed by atoms with Gasteiger partial charge in [-0.1, -0.05) is 103 Å². The van der Waals surface area contributed by atoms with Gasteiger partial charge in [-0.25, -0.2) is 27.3 Å². The number of amides is 2. The fraction of sp³-hybridized carbons (Fsp3) is 0.564. The van der Waals surface area contributed by atoms with Crippen LogP contribution in [-0.2, 0) is 30.8 Å². The van der Waals surface area contributed by atoms with E-state index < -0.39 is 50.8 Å². The molecule has 0 saturated heterocycles. The van der Waals surface area contributed by atoms with Crippen LogP contribution < -0.4 is 26.7 Å². The maximum Gasteiger partial charge on any atom is 0.353 e. The first-order chi connectivity index (χ1) is 25.3. The Morgan fingerprint density at radius 1 is 0.774 bits per heavy atom. The number of anilines is 2. The second-order valence-corrected chi connectivity index (χ2v) is 15.9. The van der Waals surface area contributed by atoms with E-state index >= 15 is 0 Å². The summed E-state index contributed by atoms with van der Waals surface area (Å²) in [5.41, 5.74) is -0.966. The number of ether oxygens (including phenoxy) is 1. The molecule has 2 N–H and O–H groups in total. The van der Waals surface area contributed by atoms with Gasteiger partial charge in [0, 0.05) is 18.2 Å². The Morgan fingerprint density at radius 2 is 1.38 bits per heavy atom. The van der Waals surface area contributed by atoms with E-state index in [1.165, 1.54) is 68.5 Å². The quantitative estimate of drug-likeness (QED) is 0.0795. The van der Waals surface area contributed by atoms with Crippen LogP contribution in [0.15, 0.2) is 58.1 Å². The summed E-state index contributed by atoms with van der Waals surface area (Å²) in [6.07, 6.45) is 12.2. The van der Waals surface area contributed by atoms with Crippen molar-refractivity contribution in [1.82, 2.24) is 13.9 Å². The third kappa shape index (κ3) is 12.6. The van der Waals surface area contributed by atoms with E-state index in [-0.39, 0.29) is 35.2 Å². The standard InChI is InChI=1S/C39H57N5O8S/c1-6-8-10-11-12-13-14-15-16-20-26-53(50,51)28-29(3)36(46)40-31-23-24-34(52-5)33(27-31)41-37(47)35(30(4)45)43-38(48)42(25-9-7-2)44(39(43)49)32-21-18-17-19-22-32/h17-19,21-24,27,29,35H,6-16,20,25-26,28H2,1-5H3,(H,40,46)(H,41,47). The third-order valence-corrected chi connectivity index (χ3v) is 11.1. The molecule has 2 amide bonds. The molecule has 0 aliphatic heterocycles. The van der Waals surface area contributed by atoms with Gasteiger partial charge in [-0.2, -0.15) is 4.68 Å². The lowest BCUT2D eigenvalue weighted by atomic mass is 10.1. The predicted molar refractivity (Wildman–Crippen MR) is 209 cm³/mol. The molecule has 53 heavy (non-hydrogen) atoms. The molecule has 0 bridgehead atoms. The molecule has 0 fully saturated rings. The zero-order valence-electron chi connectivity index (χ0n) is 31.9. The zero-order valence-corrected chi connectivity index (χ0v) is 32.7. The summed E-state index contributed by atoms with van der Waals surface area (Å²) in [7, 11) is -2.10. The van der Waals surface area contributed by atoms with Crippen molar-refractivity contribution in [3.63, 3.8) is 0 Å². The van der Waals surface area contributed by atoms with Crippen molar-refractivity contribution >= 4 is 38.8 Å². The van der Waals surface area contributed by atoms with Crippen molar-refractivity contribution < 1.29 is 27.5 Å². The molecule has 2 atom stereocenters. The van der Waals surface area contributed by atoms with Crippen molar-refractivity contribution in [3.05, 3.63) is 69.5 Å². The second-order valence-electron chi connectivity index (χ2n) is 13.7. The van der Waals surface area contributed by atoms with Crippen molar-refractivity contribution in [1.29, 1.82) is 0 Å². The van der Waals surface area contributed by atoms with Crippen LogP contribution >= 0.6 is 0 Å². The van der Waals surface area contributed by atoms with Crippen LogP contribution in [0.5, 0.6) is 5.75 Å². The Labute approximate surface area is 313 Å². The number of nitrogens with zero attached hydrogens (tertiary/aromatic N) is 3. The summed E-state index contributed by atoms with van der Waals surface area (Å²) >= 11 is 0. The number of aromatic nitrogens is 3. The maximum absolute atomic E-state index is 13.7. The van der Waals surface area contributed by atoms with Gasteiger partial charge in [0.2, 0.25) is 5.91 Å². The van der Waals surface area contributed by atoms with E-state index in [2.05, 4.69) is 17.6 Å². The van der Waals surface area contributed by atoms with Crippen LogP contribution in [-0.4, -0.2) is 58.6 Å². The van der Waals surface area contributed by atoms with E-state index in [1.54, 1.807) is 37.3 Å². The minimum Gasteiger partial charge on any atom is -0.495 e. The first-order valence-electron chi connectivity index (χ1n) is 18.9. The number of benzene rings is 2. The molecule has 0 aliphatic carbocycles. The number of ketones is 1. The Morgan fingerprint density at radius 3 is 1.96 bits per heavy atom. The molecule has 0 spiro atoms. The molecular formula is C39H57N5O8S. The van der Waals surface area contributed by atoms with E-state index in [9.17, 15) is 32.4 Å². The second kappa shape index (κ2) is 21.3. The van der Waals surface area contributed by atoms with E-state index in [0.717, 1.165) is 37.3 Å². The van der Waals surface area contributed by atoms with Gasteiger partial charge in [-0.15, -0.1) is 0 Å². The Bertz CT molecular complexity index is 1880. The Kier molecular flexibility index (Phi) is 17.3. The van der Waals surface area contributed by atoms with Gasteiger partial charge in [0.05, 0.1) is 30.0 Å². The maximum atomic E-state index is 13.7. The van der Waals surface area contributed by atoms with Gasteiger partial charge in [0.25, 0.3) is 5.91 Å². The molecule has 3 rings (SSSR count). The van der Waals surface area contributed by atoms with E-state index in [0.29, 0.717) is 23.1 Å². The molecule has 2 aromatic carbocycles. The van der Waals surface area contributed by atoms with Gasteiger partial charge >= 0.3 is 11.4 Å². The molecule has 3 aromatic rings. The molecule has 292 valence electrons. The minimum absolute atomic E-state index is 0.0264. The normalized spacial score (nSPS) is 12.6. The number of nitrogens with one attached hydrogen (secondary N) is 2. The smallest absolute Gasteiger partial charge is 0.353 e. The number of hydrogen-bond acceptors (Lipinski definition) is 8. The number of para-hydroxylation sites is 1. The number of hydrogen-bond donors (Lipinski definition) is 2. The molecule has 14 heteroatoms. The summed E-state index contributed by atoms with van der Waals surface area (Å²) in [6, 6.07) is 11.1. The largest absolute Gasteiger partial charge is 0.495 e. The summed E-state index contributed by atoms with van der Waals surface area (Å²) in [6.45, 7) is 6.98. The first kappa shape index (κ1) is 42.9. The lowest BCUT2D eigenvalue weighted by molar-refractivity contribution is -0.129. The SMILES string of the molecule is CCCCCCCCCCCCS(=O)(=O)CC(C)C(=O)Nc1ccc(OC)c(NC(=O)C(C(C)=O)n2c(=O)n(CCCC)n(-c3ccccc3)c2=O)c1. The molecule has 1 heterocycles. The average Bonchev–Trinajstić information content (AvgIpc) is 3.36. The highest BCUT2D eigenvalue weighted by molar-refractivity contribution is 7.91. The van der Waals surface area contributed by atoms with E-state index in [1.807, 2.05) is 6.92 Å². The van der Waals surface area contributed by atoms with Gasteiger partial charge < -0.3 is 15.4 Å². The number of carbonyl (C=O) groups excluding carboxylic acids is 3. The van der Waals surface area contributed by atoms with Crippen LogP contribution in [0, 0.1) is 5.92 Å². The molecule has 2 unspecified atom stereocenters. The van der Waals surface area contributed by atoms with Crippen LogP contribution in [0.4, 0.5) is 11.4 Å². The predicted octanol–water partition coefficient (Wildman–Crippen LogP) is 6.29. The first-order valence-corrected chi connectivity index (χ1v) is 20.7. The molecule has 0 saturated carbocycles. The molecule has 1 aromatic heterocycles. The highest BCUT2D eigenvalue weighted by atomic mass is 32.2. The summed E-state index contributed by atoms with van der Waals surface area (Å²) in [5.74, 6) is -3.17. The van der Waals surface area contributed by atoms with Crippen LogP contribution in [0.25, 0.3) is 5.69 Å². The summed E-state index contributed by atoms with van der Waals surface area (Å²) < 4.78 is 34.1. The number of carbonyl (C=O) groups is 3. The van der Waals surface area contributed by atoms with Gasteiger partial charge in [0.15, 0.2) is 21.7 Å². The molecular weight excluding hydrogens is 699 g/mol. The number of unbranched alkanes of at least 4 members (excludes halogenated alkanes) is 10. The lowest BCUT2D eigenvalue weighted by Crippen LogP contribution is -2.42. The monoisotopic (exact) mass is 755 g/mol. The van der Waals surface area contributed by atoms with Crippen molar-refractivity contribution in [3.8, 4) is 11.4 Å². The topological polar surface area (TPSA) is 168 Å². The number of methoxy groups -OCH3 is 1. The molecule has 0 aliphatic rings. The third-order valence-electron chi connectivity index (χ3n) is 9.16. The van der Waals surface area contributed by atoms with Crippen LogP contribution in [0.2, 0.25) is 0 Å². The zero-order chi connectivity index (χ0) is 39.0. The summed E-state index contributed by atoms with van der Waals surface area (Å²) in [5, 5.41) is 5.29. The van der Waals surface area contributed by atoms with Gasteiger partial charge in [-0.05, 0) is 50.1 Å². The number of rotatable bonds is 24. The van der Waals surface area contributed by atoms with Crippen LogP contribution in [0.1, 0.15) is 111 Å². The lowest BCUT2D eigenvalue weighted by Gasteiger charge is -2.17. The van der Waals surface area contributed by atoms with Crippen molar-refractivity contribution in [2.75, 3.05) is 29.2 Å². The minimum atomic E-state index is -3.46. The highest BCUT2D eigenvalue weighted by Crippen LogP contribution is 2.29. The number of sulfone groups is 1. The Hall–Kier alpha value is -4.46.